The molecule has 0 aliphatic carbocycles. The van der Waals surface area contributed by atoms with Crippen molar-refractivity contribution in [2.24, 2.45) is 0 Å². The van der Waals surface area contributed by atoms with Crippen LogP contribution in [-0.2, 0) is 4.79 Å². The number of nitrogens with one attached hydrogen (secondary N) is 2. The van der Waals surface area contributed by atoms with Crippen LogP contribution in [0.3, 0.4) is 0 Å². The van der Waals surface area contributed by atoms with E-state index in [0.29, 0.717) is 10.7 Å². The zero-order valence-corrected chi connectivity index (χ0v) is 15.2. The van der Waals surface area contributed by atoms with Gasteiger partial charge < -0.3 is 5.32 Å². The van der Waals surface area contributed by atoms with Gasteiger partial charge in [0.2, 0.25) is 5.91 Å². The predicted octanol–water partition coefficient (Wildman–Crippen LogP) is 3.65. The molecule has 0 saturated carbocycles. The minimum atomic E-state index is -0.238. The summed E-state index contributed by atoms with van der Waals surface area (Å²) >= 11 is 1.37. The fourth-order valence-corrected chi connectivity index (χ4v) is 3.18. The van der Waals surface area contributed by atoms with Gasteiger partial charge in [-0.2, -0.15) is 0 Å². The molecule has 1 atom stereocenters. The maximum Gasteiger partial charge on any atom is 0.259 e. The number of hydrogen-bond acceptors (Lipinski definition) is 5. The van der Waals surface area contributed by atoms with E-state index >= 15 is 0 Å². The van der Waals surface area contributed by atoms with Gasteiger partial charge in [-0.25, -0.2) is 4.98 Å². The quantitative estimate of drug-likeness (QED) is 0.722. The Balaban J connectivity index is 1.69. The number of carbonyl (C=O) groups excluding carboxylic acids is 2. The molecule has 7 heteroatoms. The van der Waals surface area contributed by atoms with E-state index in [1.54, 1.807) is 18.3 Å². The first-order valence-corrected chi connectivity index (χ1v) is 8.95. The largest absolute Gasteiger partial charge is 0.350 e. The molecule has 0 spiro atoms. The van der Waals surface area contributed by atoms with E-state index < -0.39 is 0 Å². The molecule has 1 aromatic carbocycles. The van der Waals surface area contributed by atoms with Gasteiger partial charge in [-0.3, -0.25) is 19.9 Å². The Kier molecular flexibility index (Phi) is 5.38. The van der Waals surface area contributed by atoms with Gasteiger partial charge in [0.05, 0.1) is 17.3 Å². The Labute approximate surface area is 155 Å². The number of thiazole rings is 1. The summed E-state index contributed by atoms with van der Waals surface area (Å²) in [5.74, 6) is -0.298. The third-order valence-electron chi connectivity index (χ3n) is 3.77. The van der Waals surface area contributed by atoms with Crippen LogP contribution in [0.15, 0.2) is 54.2 Å². The fourth-order valence-electron chi connectivity index (χ4n) is 2.46. The Morgan fingerprint density at radius 1 is 1.15 bits per heavy atom. The van der Waals surface area contributed by atoms with Crippen molar-refractivity contribution in [2.75, 3.05) is 5.32 Å². The van der Waals surface area contributed by atoms with Gasteiger partial charge in [0, 0.05) is 30.3 Å². The molecule has 2 N–H and O–H groups in total. The van der Waals surface area contributed by atoms with Crippen molar-refractivity contribution >= 4 is 28.3 Å². The zero-order valence-electron chi connectivity index (χ0n) is 14.4. The second kappa shape index (κ2) is 7.88. The fraction of sp³-hybridized carbons (Fsp3) is 0.158. The number of nitrogens with zero attached hydrogens (tertiary/aromatic N) is 2. The monoisotopic (exact) mass is 366 g/mol. The molecule has 0 aliphatic heterocycles. The summed E-state index contributed by atoms with van der Waals surface area (Å²) < 4.78 is 0. The van der Waals surface area contributed by atoms with E-state index in [1.165, 1.54) is 24.5 Å². The van der Waals surface area contributed by atoms with E-state index in [0.717, 1.165) is 16.8 Å². The third-order valence-corrected chi connectivity index (χ3v) is 4.53. The molecule has 3 aromatic rings. The maximum absolute atomic E-state index is 12.1. The van der Waals surface area contributed by atoms with E-state index in [2.05, 4.69) is 20.6 Å². The smallest absolute Gasteiger partial charge is 0.259 e. The Bertz CT molecular complexity index is 907. The summed E-state index contributed by atoms with van der Waals surface area (Å²) in [4.78, 5) is 31.7. The van der Waals surface area contributed by atoms with Gasteiger partial charge in [-0.05, 0) is 24.6 Å². The van der Waals surface area contributed by atoms with Crippen molar-refractivity contribution in [1.82, 2.24) is 15.3 Å². The van der Waals surface area contributed by atoms with Gasteiger partial charge >= 0.3 is 0 Å². The van der Waals surface area contributed by atoms with Crippen molar-refractivity contribution < 1.29 is 9.59 Å². The van der Waals surface area contributed by atoms with Gasteiger partial charge in [0.1, 0.15) is 0 Å². The zero-order chi connectivity index (χ0) is 18.5. The number of rotatable bonds is 5. The SMILES string of the molecule is CC(=O)NC(C)c1ccc(-c2csc(NC(=O)c3cccnc3)n2)cc1. The molecule has 132 valence electrons. The molecule has 6 nitrogen and oxygen atoms in total. The second-order valence-electron chi connectivity index (χ2n) is 5.78. The van der Waals surface area contributed by atoms with Crippen molar-refractivity contribution in [1.29, 1.82) is 0 Å². The molecule has 3 rings (SSSR count). The van der Waals surface area contributed by atoms with Crippen LogP contribution < -0.4 is 10.6 Å². The number of carbonyl (C=O) groups is 2. The molecule has 0 saturated heterocycles. The molecular formula is C19H18N4O2S. The van der Waals surface area contributed by atoms with Crippen LogP contribution >= 0.6 is 11.3 Å². The number of anilines is 1. The molecule has 0 radical (unpaired) electrons. The summed E-state index contributed by atoms with van der Waals surface area (Å²) in [6.45, 7) is 3.44. The minimum absolute atomic E-state index is 0.0497. The summed E-state index contributed by atoms with van der Waals surface area (Å²) in [5.41, 5.74) is 3.24. The summed E-state index contributed by atoms with van der Waals surface area (Å²) in [6, 6.07) is 11.2. The van der Waals surface area contributed by atoms with Crippen molar-refractivity contribution in [2.45, 2.75) is 19.9 Å². The highest BCUT2D eigenvalue weighted by Gasteiger charge is 2.11. The summed E-state index contributed by atoms with van der Waals surface area (Å²) in [5, 5.41) is 8.06. The summed E-state index contributed by atoms with van der Waals surface area (Å²) in [7, 11) is 0. The first-order chi connectivity index (χ1) is 12.5. The van der Waals surface area contributed by atoms with E-state index in [9.17, 15) is 9.59 Å². The van der Waals surface area contributed by atoms with Crippen LogP contribution in [-0.4, -0.2) is 21.8 Å². The minimum Gasteiger partial charge on any atom is -0.350 e. The van der Waals surface area contributed by atoms with Crippen molar-refractivity contribution in [3.63, 3.8) is 0 Å². The molecule has 1 unspecified atom stereocenters. The number of aromatic nitrogens is 2. The van der Waals surface area contributed by atoms with Crippen molar-refractivity contribution in [3.05, 3.63) is 65.3 Å². The Morgan fingerprint density at radius 2 is 1.92 bits per heavy atom. The number of benzene rings is 1. The molecule has 2 aromatic heterocycles. The first-order valence-electron chi connectivity index (χ1n) is 8.07. The standard InChI is InChI=1S/C19H18N4O2S/c1-12(21-13(2)24)14-5-7-15(8-6-14)17-11-26-19(22-17)23-18(25)16-4-3-9-20-10-16/h3-12H,1-2H3,(H,21,24)(H,22,23,25). The van der Waals surface area contributed by atoms with Crippen molar-refractivity contribution in [3.8, 4) is 11.3 Å². The highest BCUT2D eigenvalue weighted by Crippen LogP contribution is 2.26. The molecular weight excluding hydrogens is 348 g/mol. The van der Waals surface area contributed by atoms with Crippen LogP contribution in [0, 0.1) is 0 Å². The Hall–Kier alpha value is -3.06. The molecule has 2 heterocycles. The molecule has 0 aliphatic rings. The second-order valence-corrected chi connectivity index (χ2v) is 6.64. The molecule has 0 bridgehead atoms. The van der Waals surface area contributed by atoms with Gasteiger partial charge in [0.15, 0.2) is 5.13 Å². The first kappa shape index (κ1) is 17.8. The lowest BCUT2D eigenvalue weighted by atomic mass is 10.1. The number of hydrogen-bond donors (Lipinski definition) is 2. The van der Waals surface area contributed by atoms with E-state index in [1.807, 2.05) is 36.6 Å². The van der Waals surface area contributed by atoms with E-state index in [4.69, 9.17) is 0 Å². The summed E-state index contributed by atoms with van der Waals surface area (Å²) in [6.07, 6.45) is 3.13. The lowest BCUT2D eigenvalue weighted by Gasteiger charge is -2.12. The number of amides is 2. The normalized spacial score (nSPS) is 11.6. The highest BCUT2D eigenvalue weighted by molar-refractivity contribution is 7.14. The average molecular weight is 366 g/mol. The van der Waals surface area contributed by atoms with Crippen LogP contribution in [0.5, 0.6) is 0 Å². The predicted molar refractivity (Wildman–Crippen MR) is 102 cm³/mol. The van der Waals surface area contributed by atoms with Crippen LogP contribution in [0.25, 0.3) is 11.3 Å². The molecule has 2 amide bonds. The van der Waals surface area contributed by atoms with Crippen LogP contribution in [0.2, 0.25) is 0 Å². The third kappa shape index (κ3) is 4.31. The van der Waals surface area contributed by atoms with Gasteiger partial charge in [0.25, 0.3) is 5.91 Å². The molecule has 26 heavy (non-hydrogen) atoms. The Morgan fingerprint density at radius 3 is 2.58 bits per heavy atom. The van der Waals surface area contributed by atoms with Crippen LogP contribution in [0.1, 0.15) is 35.8 Å². The van der Waals surface area contributed by atoms with Gasteiger partial charge in [-0.1, -0.05) is 24.3 Å². The average Bonchev–Trinajstić information content (AvgIpc) is 3.10. The van der Waals surface area contributed by atoms with Crippen LogP contribution in [0.4, 0.5) is 5.13 Å². The maximum atomic E-state index is 12.1. The molecule has 0 fully saturated rings. The topological polar surface area (TPSA) is 84.0 Å². The lowest BCUT2D eigenvalue weighted by Crippen LogP contribution is -2.23. The number of pyridine rings is 1. The van der Waals surface area contributed by atoms with E-state index in [-0.39, 0.29) is 17.9 Å². The van der Waals surface area contributed by atoms with Gasteiger partial charge in [-0.15, -0.1) is 11.3 Å². The lowest BCUT2D eigenvalue weighted by molar-refractivity contribution is -0.119. The highest BCUT2D eigenvalue weighted by atomic mass is 32.1.